The number of nitrogens with zero attached hydrogens (tertiary/aromatic N) is 2. The molecule has 0 spiro atoms. The minimum atomic E-state index is -0.100. The van der Waals surface area contributed by atoms with Crippen LogP contribution in [0.5, 0.6) is 5.75 Å². The lowest BCUT2D eigenvalue weighted by atomic mass is 9.93. The van der Waals surface area contributed by atoms with Gasteiger partial charge in [-0.3, -0.25) is 14.5 Å². The summed E-state index contributed by atoms with van der Waals surface area (Å²) in [6.07, 6.45) is 6.23. The molecule has 2 atom stereocenters. The molecular formula is C30H41N3O3. The lowest BCUT2D eigenvalue weighted by molar-refractivity contribution is -0.136. The fraction of sp³-hybridized carbons (Fsp3) is 0.533. The van der Waals surface area contributed by atoms with E-state index in [0.717, 1.165) is 50.1 Å². The van der Waals surface area contributed by atoms with Gasteiger partial charge in [-0.1, -0.05) is 62.2 Å². The van der Waals surface area contributed by atoms with Crippen LogP contribution in [0.2, 0.25) is 0 Å². The third-order valence-electron chi connectivity index (χ3n) is 7.91. The summed E-state index contributed by atoms with van der Waals surface area (Å²) in [6, 6.07) is 18.0. The Morgan fingerprint density at radius 1 is 0.972 bits per heavy atom. The predicted octanol–water partition coefficient (Wildman–Crippen LogP) is 4.25. The van der Waals surface area contributed by atoms with E-state index in [1.165, 1.54) is 18.4 Å². The van der Waals surface area contributed by atoms with Crippen LogP contribution in [0.25, 0.3) is 0 Å². The van der Waals surface area contributed by atoms with Crippen LogP contribution in [-0.4, -0.2) is 67.5 Å². The molecule has 0 aromatic heterocycles. The highest BCUT2D eigenvalue weighted by molar-refractivity contribution is 5.84. The number of hydrogen-bond donors (Lipinski definition) is 1. The van der Waals surface area contributed by atoms with Gasteiger partial charge >= 0.3 is 0 Å². The Morgan fingerprint density at radius 3 is 2.25 bits per heavy atom. The maximum absolute atomic E-state index is 13.4. The largest absolute Gasteiger partial charge is 0.497 e. The average Bonchev–Trinajstić information content (AvgIpc) is 3.45. The van der Waals surface area contributed by atoms with Gasteiger partial charge in [-0.25, -0.2) is 0 Å². The van der Waals surface area contributed by atoms with Crippen molar-refractivity contribution in [2.24, 2.45) is 5.92 Å². The molecule has 1 saturated heterocycles. The van der Waals surface area contributed by atoms with E-state index in [4.69, 9.17) is 4.74 Å². The monoisotopic (exact) mass is 491 g/mol. The first-order valence-electron chi connectivity index (χ1n) is 13.6. The quantitative estimate of drug-likeness (QED) is 0.540. The van der Waals surface area contributed by atoms with Gasteiger partial charge in [0.2, 0.25) is 11.8 Å². The van der Waals surface area contributed by atoms with Crippen LogP contribution < -0.4 is 10.1 Å². The van der Waals surface area contributed by atoms with Crippen LogP contribution in [-0.2, 0) is 16.0 Å². The summed E-state index contributed by atoms with van der Waals surface area (Å²) in [5, 5.41) is 3.22. The molecule has 2 fully saturated rings. The molecule has 2 aromatic rings. The molecule has 1 aliphatic heterocycles. The zero-order chi connectivity index (χ0) is 25.3. The molecule has 0 bridgehead atoms. The predicted molar refractivity (Wildman–Crippen MR) is 143 cm³/mol. The van der Waals surface area contributed by atoms with E-state index in [9.17, 15) is 9.59 Å². The molecule has 2 amide bonds. The van der Waals surface area contributed by atoms with Crippen molar-refractivity contribution >= 4 is 11.8 Å². The van der Waals surface area contributed by atoms with Gasteiger partial charge in [0.25, 0.3) is 0 Å². The first-order chi connectivity index (χ1) is 17.6. The van der Waals surface area contributed by atoms with E-state index in [0.29, 0.717) is 25.6 Å². The molecule has 6 nitrogen and oxygen atoms in total. The number of hydrogen-bond acceptors (Lipinski definition) is 4. The van der Waals surface area contributed by atoms with Crippen molar-refractivity contribution in [1.29, 1.82) is 0 Å². The van der Waals surface area contributed by atoms with Gasteiger partial charge in [-0.05, 0) is 54.9 Å². The number of benzene rings is 2. The van der Waals surface area contributed by atoms with Crippen molar-refractivity contribution in [3.05, 3.63) is 65.7 Å². The van der Waals surface area contributed by atoms with Crippen LogP contribution in [0.1, 0.15) is 56.1 Å². The first-order valence-corrected chi connectivity index (χ1v) is 13.6. The number of carbonyl (C=O) groups excluding carboxylic acids is 2. The van der Waals surface area contributed by atoms with E-state index < -0.39 is 0 Å². The van der Waals surface area contributed by atoms with E-state index in [1.54, 1.807) is 7.11 Å². The second-order valence-electron chi connectivity index (χ2n) is 10.1. The smallest absolute Gasteiger partial charge is 0.237 e. The summed E-state index contributed by atoms with van der Waals surface area (Å²) in [7, 11) is 1.67. The van der Waals surface area contributed by atoms with Gasteiger partial charge in [0, 0.05) is 32.7 Å². The van der Waals surface area contributed by atoms with Crippen molar-refractivity contribution in [2.45, 2.75) is 57.4 Å². The van der Waals surface area contributed by atoms with Crippen LogP contribution in [0, 0.1) is 5.92 Å². The molecule has 1 N–H and O–H groups in total. The van der Waals surface area contributed by atoms with E-state index in [-0.39, 0.29) is 23.8 Å². The zero-order valence-corrected chi connectivity index (χ0v) is 21.8. The fourth-order valence-electron chi connectivity index (χ4n) is 5.86. The zero-order valence-electron chi connectivity index (χ0n) is 21.8. The number of nitrogens with one attached hydrogen (secondary N) is 1. The molecule has 1 saturated carbocycles. The molecular weight excluding hydrogens is 450 g/mol. The number of piperazine rings is 1. The Labute approximate surface area is 216 Å². The lowest BCUT2D eigenvalue weighted by Crippen LogP contribution is -2.58. The van der Waals surface area contributed by atoms with Gasteiger partial charge in [-0.15, -0.1) is 0 Å². The minimum absolute atomic E-state index is 0.0929. The molecule has 2 aromatic carbocycles. The first kappa shape index (κ1) is 26.2. The number of amides is 2. The highest BCUT2D eigenvalue weighted by Gasteiger charge is 2.37. The van der Waals surface area contributed by atoms with E-state index in [2.05, 4.69) is 41.4 Å². The van der Waals surface area contributed by atoms with Crippen molar-refractivity contribution in [3.63, 3.8) is 0 Å². The van der Waals surface area contributed by atoms with Crippen LogP contribution >= 0.6 is 0 Å². The second kappa shape index (κ2) is 12.9. The summed E-state index contributed by atoms with van der Waals surface area (Å²) in [5.41, 5.74) is 2.28. The maximum Gasteiger partial charge on any atom is 0.237 e. The molecule has 36 heavy (non-hydrogen) atoms. The van der Waals surface area contributed by atoms with Gasteiger partial charge in [0.15, 0.2) is 0 Å². The fourth-order valence-corrected chi connectivity index (χ4v) is 5.86. The van der Waals surface area contributed by atoms with E-state index >= 15 is 0 Å². The van der Waals surface area contributed by atoms with Gasteiger partial charge in [0.05, 0.1) is 19.1 Å². The highest BCUT2D eigenvalue weighted by atomic mass is 16.5. The maximum atomic E-state index is 13.4. The average molecular weight is 492 g/mol. The number of carbonyl (C=O) groups is 2. The van der Waals surface area contributed by atoms with Gasteiger partial charge in [-0.2, -0.15) is 0 Å². The van der Waals surface area contributed by atoms with Crippen LogP contribution in [0.4, 0.5) is 0 Å². The van der Waals surface area contributed by atoms with E-state index in [1.807, 2.05) is 35.2 Å². The Hall–Kier alpha value is -2.86. The normalized spacial score (nSPS) is 18.6. The van der Waals surface area contributed by atoms with Crippen molar-refractivity contribution in [2.75, 3.05) is 39.8 Å². The summed E-state index contributed by atoms with van der Waals surface area (Å²) < 4.78 is 5.23. The van der Waals surface area contributed by atoms with Crippen molar-refractivity contribution in [3.8, 4) is 5.75 Å². The molecule has 4 rings (SSSR count). The molecule has 1 heterocycles. The topological polar surface area (TPSA) is 61.9 Å². The standard InChI is InChI=1S/C30H41N3O3/c1-3-27(24-9-5-4-6-10-24)30(35)33-21-19-32(20-22-33)28(25-11-7-8-12-25)29(34)31-18-17-23-13-15-26(36-2)16-14-23/h4-6,9-10,13-16,25,27-28H,3,7-8,11-12,17-22H2,1-2H3,(H,31,34). The van der Waals surface area contributed by atoms with Crippen molar-refractivity contribution in [1.82, 2.24) is 15.1 Å². The Balaban J connectivity index is 1.33. The Kier molecular flexibility index (Phi) is 9.40. The van der Waals surface area contributed by atoms with Gasteiger partial charge < -0.3 is 15.0 Å². The highest BCUT2D eigenvalue weighted by Crippen LogP contribution is 2.31. The molecule has 0 radical (unpaired) electrons. The molecule has 194 valence electrons. The van der Waals surface area contributed by atoms with Gasteiger partial charge in [0.1, 0.15) is 5.75 Å². The molecule has 2 unspecified atom stereocenters. The molecule has 2 aliphatic rings. The van der Waals surface area contributed by atoms with Crippen LogP contribution in [0.3, 0.4) is 0 Å². The number of ether oxygens (including phenoxy) is 1. The Bertz CT molecular complexity index is 965. The third kappa shape index (κ3) is 6.47. The minimum Gasteiger partial charge on any atom is -0.497 e. The summed E-state index contributed by atoms with van der Waals surface area (Å²) in [6.45, 7) is 5.59. The number of methoxy groups -OCH3 is 1. The Morgan fingerprint density at radius 2 is 1.64 bits per heavy atom. The second-order valence-corrected chi connectivity index (χ2v) is 10.1. The molecule has 1 aliphatic carbocycles. The van der Waals surface area contributed by atoms with Crippen molar-refractivity contribution < 1.29 is 14.3 Å². The number of rotatable bonds is 10. The molecule has 6 heteroatoms. The summed E-state index contributed by atoms with van der Waals surface area (Å²) in [4.78, 5) is 31.1. The third-order valence-corrected chi connectivity index (χ3v) is 7.91. The lowest BCUT2D eigenvalue weighted by Gasteiger charge is -2.41. The summed E-state index contributed by atoms with van der Waals surface area (Å²) >= 11 is 0. The SMILES string of the molecule is CCC(C(=O)N1CCN(C(C(=O)NCCc2ccc(OC)cc2)C2CCCC2)CC1)c1ccccc1. The summed E-state index contributed by atoms with van der Waals surface area (Å²) in [5.74, 6) is 1.51. The van der Waals surface area contributed by atoms with Crippen LogP contribution in [0.15, 0.2) is 54.6 Å².